The minimum Gasteiger partial charge on any atom is -0.355 e. The molecule has 8 heteroatoms. The first-order valence-electron chi connectivity index (χ1n) is 5.57. The van der Waals surface area contributed by atoms with Crippen molar-refractivity contribution in [3.63, 3.8) is 0 Å². The van der Waals surface area contributed by atoms with Crippen LogP contribution in [0, 0.1) is 13.8 Å². The highest BCUT2D eigenvalue weighted by Crippen LogP contribution is 2.16. The van der Waals surface area contributed by atoms with E-state index < -0.39 is 0 Å². The van der Waals surface area contributed by atoms with Crippen LogP contribution < -0.4 is 5.32 Å². The summed E-state index contributed by atoms with van der Waals surface area (Å²) in [5.41, 5.74) is 0.856. The van der Waals surface area contributed by atoms with Gasteiger partial charge in [0, 0.05) is 17.8 Å². The van der Waals surface area contributed by atoms with Gasteiger partial charge in [0.2, 0.25) is 5.91 Å². The molecule has 0 bridgehead atoms. The summed E-state index contributed by atoms with van der Waals surface area (Å²) in [6.45, 7) is 4.42. The van der Waals surface area contributed by atoms with Crippen LogP contribution in [0.1, 0.15) is 21.4 Å². The number of nitrogens with zero attached hydrogens (tertiary/aromatic N) is 4. The van der Waals surface area contributed by atoms with E-state index in [0.29, 0.717) is 25.2 Å². The zero-order valence-corrected chi connectivity index (χ0v) is 11.0. The lowest BCUT2D eigenvalue weighted by molar-refractivity contribution is -0.120. The Hall–Kier alpha value is -1.83. The largest absolute Gasteiger partial charge is 0.355 e. The molecule has 0 fully saturated rings. The fraction of sp³-hybridized carbons (Fsp3) is 0.500. The van der Waals surface area contributed by atoms with Crippen LogP contribution in [0.5, 0.6) is 0 Å². The molecule has 0 aliphatic rings. The quantitative estimate of drug-likeness (QED) is 0.804. The zero-order chi connectivity index (χ0) is 13.0. The molecule has 2 heterocycles. The Labute approximate surface area is 108 Å². The van der Waals surface area contributed by atoms with Gasteiger partial charge in [0.25, 0.3) is 0 Å². The number of aryl methyl sites for hydroxylation is 2. The predicted molar refractivity (Wildman–Crippen MR) is 66.2 cm³/mol. The van der Waals surface area contributed by atoms with Crippen LogP contribution in [-0.4, -0.2) is 38.1 Å². The summed E-state index contributed by atoms with van der Waals surface area (Å²) >= 11 is 1.61. The molecule has 2 N–H and O–H groups in total. The molecule has 2 aromatic rings. The van der Waals surface area contributed by atoms with Gasteiger partial charge in [-0.1, -0.05) is 5.21 Å². The number of thiazole rings is 1. The second-order valence-electron chi connectivity index (χ2n) is 3.84. The molecule has 1 amide bonds. The molecule has 0 unspecified atom stereocenters. The Bertz CT molecular complexity index is 520. The first kappa shape index (κ1) is 12.6. The van der Waals surface area contributed by atoms with E-state index in [9.17, 15) is 4.79 Å². The molecule has 2 aromatic heterocycles. The van der Waals surface area contributed by atoms with Gasteiger partial charge in [0.15, 0.2) is 5.82 Å². The van der Waals surface area contributed by atoms with E-state index in [2.05, 4.69) is 30.9 Å². The van der Waals surface area contributed by atoms with Crippen molar-refractivity contribution in [1.82, 2.24) is 30.9 Å². The van der Waals surface area contributed by atoms with Crippen LogP contribution in [0.4, 0.5) is 0 Å². The average Bonchev–Trinajstić information content (AvgIpc) is 2.90. The monoisotopic (exact) mass is 266 g/mol. The molecule has 0 saturated carbocycles. The Morgan fingerprint density at radius 3 is 2.89 bits per heavy atom. The Balaban J connectivity index is 1.77. The van der Waals surface area contributed by atoms with E-state index in [1.54, 1.807) is 11.3 Å². The van der Waals surface area contributed by atoms with Gasteiger partial charge in [-0.3, -0.25) is 4.79 Å². The number of hydrogen-bond acceptors (Lipinski definition) is 6. The minimum absolute atomic E-state index is 0.0353. The molecule has 96 valence electrons. The molecule has 18 heavy (non-hydrogen) atoms. The van der Waals surface area contributed by atoms with Crippen LogP contribution in [0.2, 0.25) is 0 Å². The van der Waals surface area contributed by atoms with Gasteiger partial charge >= 0.3 is 0 Å². The van der Waals surface area contributed by atoms with Gasteiger partial charge in [-0.05, 0) is 13.8 Å². The molecule has 0 aromatic carbocycles. The summed E-state index contributed by atoms with van der Waals surface area (Å²) < 4.78 is 0. The van der Waals surface area contributed by atoms with Crippen molar-refractivity contribution in [2.24, 2.45) is 0 Å². The predicted octanol–water partition coefficient (Wildman–Crippen LogP) is 0.174. The first-order chi connectivity index (χ1) is 8.65. The van der Waals surface area contributed by atoms with Crippen molar-refractivity contribution in [2.75, 3.05) is 6.54 Å². The summed E-state index contributed by atoms with van der Waals surface area (Å²) in [6.07, 6.45) is 0.889. The van der Waals surface area contributed by atoms with Crippen molar-refractivity contribution in [1.29, 1.82) is 0 Å². The number of rotatable bonds is 5. The van der Waals surface area contributed by atoms with Crippen molar-refractivity contribution in [2.45, 2.75) is 26.7 Å². The van der Waals surface area contributed by atoms with E-state index in [1.165, 1.54) is 0 Å². The van der Waals surface area contributed by atoms with Crippen LogP contribution in [-0.2, 0) is 17.6 Å². The molecule has 0 spiro atoms. The topological polar surface area (TPSA) is 96.5 Å². The lowest BCUT2D eigenvalue weighted by Crippen LogP contribution is -2.27. The van der Waals surface area contributed by atoms with Gasteiger partial charge in [-0.25, -0.2) is 4.98 Å². The Morgan fingerprint density at radius 2 is 2.28 bits per heavy atom. The van der Waals surface area contributed by atoms with Crippen molar-refractivity contribution in [3.8, 4) is 0 Å². The molecule has 0 radical (unpaired) electrons. The number of carbonyl (C=O) groups excluding carboxylic acids is 1. The van der Waals surface area contributed by atoms with E-state index in [1.807, 2.05) is 13.8 Å². The fourth-order valence-electron chi connectivity index (χ4n) is 1.55. The number of amides is 1. The third-order valence-electron chi connectivity index (χ3n) is 2.39. The first-order valence-corrected chi connectivity index (χ1v) is 6.38. The van der Waals surface area contributed by atoms with Gasteiger partial charge in [-0.15, -0.1) is 21.5 Å². The molecule has 0 atom stereocenters. The SMILES string of the molecule is Cc1nc(CC(=O)NCCc2nn[nH]n2)c(C)s1. The highest BCUT2D eigenvalue weighted by Gasteiger charge is 2.10. The minimum atomic E-state index is -0.0353. The second-order valence-corrected chi connectivity index (χ2v) is 5.25. The summed E-state index contributed by atoms with van der Waals surface area (Å²) in [4.78, 5) is 17.1. The normalized spacial score (nSPS) is 10.6. The number of nitrogens with one attached hydrogen (secondary N) is 2. The maximum atomic E-state index is 11.7. The maximum Gasteiger partial charge on any atom is 0.226 e. The molecule has 7 nitrogen and oxygen atoms in total. The van der Waals surface area contributed by atoms with Gasteiger partial charge < -0.3 is 5.32 Å². The third kappa shape index (κ3) is 3.33. The summed E-state index contributed by atoms with van der Waals surface area (Å²) in [7, 11) is 0. The smallest absolute Gasteiger partial charge is 0.226 e. The molecule has 0 aliphatic carbocycles. The van der Waals surface area contributed by atoms with E-state index in [-0.39, 0.29) is 5.91 Å². The van der Waals surface area contributed by atoms with Crippen molar-refractivity contribution >= 4 is 17.2 Å². The molecular weight excluding hydrogens is 252 g/mol. The number of tetrazole rings is 1. The summed E-state index contributed by atoms with van der Waals surface area (Å²) in [5.74, 6) is 0.558. The summed E-state index contributed by atoms with van der Waals surface area (Å²) in [5, 5.41) is 17.2. The van der Waals surface area contributed by atoms with Crippen LogP contribution in [0.3, 0.4) is 0 Å². The lowest BCUT2D eigenvalue weighted by Gasteiger charge is -2.02. The van der Waals surface area contributed by atoms with E-state index in [0.717, 1.165) is 15.6 Å². The standard InChI is InChI=1S/C10H14N6OS/c1-6-8(12-7(2)18-6)5-10(17)11-4-3-9-13-15-16-14-9/h3-5H2,1-2H3,(H,11,17)(H,13,14,15,16). The van der Waals surface area contributed by atoms with Gasteiger partial charge in [0.05, 0.1) is 17.1 Å². The number of aromatic amines is 1. The number of H-pyrrole nitrogens is 1. The Kier molecular flexibility index (Phi) is 3.98. The molecule has 0 aliphatic heterocycles. The van der Waals surface area contributed by atoms with Crippen LogP contribution in [0.25, 0.3) is 0 Å². The number of aromatic nitrogens is 5. The highest BCUT2D eigenvalue weighted by molar-refractivity contribution is 7.11. The summed E-state index contributed by atoms with van der Waals surface area (Å²) in [6, 6.07) is 0. The molecular formula is C10H14N6OS. The molecule has 2 rings (SSSR count). The number of carbonyl (C=O) groups is 1. The Morgan fingerprint density at radius 1 is 1.44 bits per heavy atom. The van der Waals surface area contributed by atoms with E-state index >= 15 is 0 Å². The van der Waals surface area contributed by atoms with Crippen molar-refractivity contribution in [3.05, 3.63) is 21.4 Å². The van der Waals surface area contributed by atoms with Crippen LogP contribution >= 0.6 is 11.3 Å². The fourth-order valence-corrected chi connectivity index (χ4v) is 2.39. The number of hydrogen-bond donors (Lipinski definition) is 2. The zero-order valence-electron chi connectivity index (χ0n) is 10.2. The van der Waals surface area contributed by atoms with Crippen LogP contribution in [0.15, 0.2) is 0 Å². The maximum absolute atomic E-state index is 11.7. The third-order valence-corrected chi connectivity index (χ3v) is 3.32. The lowest BCUT2D eigenvalue weighted by atomic mass is 10.2. The average molecular weight is 266 g/mol. The van der Waals surface area contributed by atoms with Gasteiger partial charge in [0.1, 0.15) is 0 Å². The molecule has 0 saturated heterocycles. The van der Waals surface area contributed by atoms with Gasteiger partial charge in [-0.2, -0.15) is 5.21 Å². The second kappa shape index (κ2) is 5.67. The van der Waals surface area contributed by atoms with Crippen molar-refractivity contribution < 1.29 is 4.79 Å². The highest BCUT2D eigenvalue weighted by atomic mass is 32.1. The van der Waals surface area contributed by atoms with E-state index in [4.69, 9.17) is 0 Å².